The Kier molecular flexibility index (Phi) is 4.44. The third-order valence-corrected chi connectivity index (χ3v) is 1.40. The Balaban J connectivity index is 0.000000360. The molecule has 0 atom stereocenters. The molecule has 1 aliphatic rings. The van der Waals surface area contributed by atoms with E-state index in [9.17, 15) is 0 Å². The fourth-order valence-electron chi connectivity index (χ4n) is 0.957. The second kappa shape index (κ2) is 3.90. The second-order valence-electron chi connectivity index (χ2n) is 2.04. The average molecular weight is 109 g/mol. The Morgan fingerprint density at radius 2 is 1.57 bits per heavy atom. The quantitative estimate of drug-likeness (QED) is 0.443. The van der Waals surface area contributed by atoms with Gasteiger partial charge in [-0.2, -0.15) is 0 Å². The summed E-state index contributed by atoms with van der Waals surface area (Å²) in [5.41, 5.74) is 5.53. The molecule has 0 spiro atoms. The molecule has 0 aromatic carbocycles. The second-order valence-corrected chi connectivity index (χ2v) is 2.04. The first kappa shape index (κ1) is 7.96. The molecular weight excluding hydrogens is 97.1 g/mol. The van der Waals surface area contributed by atoms with Gasteiger partial charge in [0.15, 0.2) is 0 Å². The molecule has 1 fully saturated rings. The van der Waals surface area contributed by atoms with Crippen LogP contribution in [0.2, 0.25) is 0 Å². The van der Waals surface area contributed by atoms with Gasteiger partial charge in [0.1, 0.15) is 0 Å². The summed E-state index contributed by atoms with van der Waals surface area (Å²) in [6.07, 6.45) is 5.25. The minimum atomic E-state index is 0. The topological polar surface area (TPSA) is 26.0 Å². The zero-order chi connectivity index (χ0) is 4.41. The Bertz CT molecular complexity index is 41.3. The molecule has 0 aromatic rings. The minimum absolute atomic E-state index is 0. The van der Waals surface area contributed by atoms with E-state index in [1.165, 1.54) is 25.7 Å². The molecule has 0 heterocycles. The maximum atomic E-state index is 5.53. The molecule has 0 aliphatic heterocycles. The van der Waals surface area contributed by atoms with Crippen LogP contribution in [0.3, 0.4) is 0 Å². The molecule has 0 unspecified atom stereocenters. The summed E-state index contributed by atoms with van der Waals surface area (Å²) >= 11 is 0. The third kappa shape index (κ3) is 2.70. The van der Waals surface area contributed by atoms with Crippen LogP contribution in [0.25, 0.3) is 0 Å². The van der Waals surface area contributed by atoms with Gasteiger partial charge in [0, 0.05) is 6.04 Å². The zero-order valence-corrected chi connectivity index (χ0v) is 3.98. The Morgan fingerprint density at radius 1 is 1.14 bits per heavy atom. The molecule has 38 valence electrons. The van der Waals surface area contributed by atoms with Gasteiger partial charge in [-0.1, -0.05) is 12.8 Å². The molecule has 7 heavy (non-hydrogen) atoms. The van der Waals surface area contributed by atoms with Crippen molar-refractivity contribution in [3.05, 3.63) is 0 Å². The average Bonchev–Trinajstić information content (AvgIpc) is 1.86. The monoisotopic (exact) mass is 109 g/mol. The molecule has 1 nitrogen and oxygen atoms in total. The summed E-state index contributed by atoms with van der Waals surface area (Å²) in [6.45, 7) is 0. The molecule has 2 heteroatoms. The fourth-order valence-corrected chi connectivity index (χ4v) is 0.957. The molecule has 0 bridgehead atoms. The third-order valence-electron chi connectivity index (χ3n) is 1.40. The maximum absolute atomic E-state index is 5.53. The first-order valence-corrected chi connectivity index (χ1v) is 2.65. The van der Waals surface area contributed by atoms with E-state index in [0.29, 0.717) is 6.04 Å². The van der Waals surface area contributed by atoms with E-state index < -0.39 is 0 Å². The first-order valence-electron chi connectivity index (χ1n) is 2.65. The standard InChI is InChI=1S/C5H11N.Na.H/c6-5-3-1-2-4-5;;/h5H,1-4,6H2;;. The fraction of sp³-hybridized carbons (Fsp3) is 1.00. The summed E-state index contributed by atoms with van der Waals surface area (Å²) in [7, 11) is 0. The molecule has 0 aromatic heterocycles. The van der Waals surface area contributed by atoms with Gasteiger partial charge in [-0.3, -0.25) is 0 Å². The molecule has 0 saturated heterocycles. The Labute approximate surface area is 66.9 Å². The van der Waals surface area contributed by atoms with Gasteiger partial charge < -0.3 is 5.73 Å². The Morgan fingerprint density at radius 3 is 1.71 bits per heavy atom. The van der Waals surface area contributed by atoms with Gasteiger partial charge in [0.05, 0.1) is 0 Å². The van der Waals surface area contributed by atoms with Crippen LogP contribution in [0.15, 0.2) is 0 Å². The van der Waals surface area contributed by atoms with Crippen LogP contribution in [-0.4, -0.2) is 35.6 Å². The van der Waals surface area contributed by atoms with Crippen LogP contribution in [0, 0.1) is 0 Å². The van der Waals surface area contributed by atoms with Crippen LogP contribution in [0.5, 0.6) is 0 Å². The number of hydrogen-bond donors (Lipinski definition) is 1. The van der Waals surface area contributed by atoms with E-state index in [1.807, 2.05) is 0 Å². The van der Waals surface area contributed by atoms with Crippen LogP contribution < -0.4 is 5.73 Å². The van der Waals surface area contributed by atoms with Crippen molar-refractivity contribution < 1.29 is 0 Å². The van der Waals surface area contributed by atoms with E-state index in [-0.39, 0.29) is 29.6 Å². The van der Waals surface area contributed by atoms with Crippen molar-refractivity contribution in [2.75, 3.05) is 0 Å². The summed E-state index contributed by atoms with van der Waals surface area (Å²) < 4.78 is 0. The van der Waals surface area contributed by atoms with Gasteiger partial charge >= 0.3 is 29.6 Å². The van der Waals surface area contributed by atoms with E-state index in [1.54, 1.807) is 0 Å². The van der Waals surface area contributed by atoms with Crippen LogP contribution in [0.4, 0.5) is 0 Å². The zero-order valence-electron chi connectivity index (χ0n) is 3.98. The van der Waals surface area contributed by atoms with Crippen molar-refractivity contribution in [1.29, 1.82) is 0 Å². The summed E-state index contributed by atoms with van der Waals surface area (Å²) in [5, 5.41) is 0. The number of nitrogens with two attached hydrogens (primary N) is 1. The van der Waals surface area contributed by atoms with E-state index in [0.717, 1.165) is 0 Å². The van der Waals surface area contributed by atoms with Crippen LogP contribution in [-0.2, 0) is 0 Å². The Hall–Kier alpha value is 0.960. The van der Waals surface area contributed by atoms with Crippen molar-refractivity contribution in [2.45, 2.75) is 31.7 Å². The SMILES string of the molecule is NC1CCCC1.[NaH]. The van der Waals surface area contributed by atoms with Crippen LogP contribution >= 0.6 is 0 Å². The van der Waals surface area contributed by atoms with Crippen molar-refractivity contribution in [1.82, 2.24) is 0 Å². The van der Waals surface area contributed by atoms with Gasteiger partial charge in [0.25, 0.3) is 0 Å². The molecule has 1 saturated carbocycles. The molecular formula is C5H12NNa. The molecule has 0 amide bonds. The van der Waals surface area contributed by atoms with Crippen molar-refractivity contribution in [3.63, 3.8) is 0 Å². The summed E-state index contributed by atoms with van der Waals surface area (Å²) in [5.74, 6) is 0. The summed E-state index contributed by atoms with van der Waals surface area (Å²) in [4.78, 5) is 0. The molecule has 2 N–H and O–H groups in total. The molecule has 1 rings (SSSR count). The van der Waals surface area contributed by atoms with Gasteiger partial charge in [-0.15, -0.1) is 0 Å². The van der Waals surface area contributed by atoms with Crippen LogP contribution in [0.1, 0.15) is 25.7 Å². The normalized spacial score (nSPS) is 21.9. The van der Waals surface area contributed by atoms with Crippen molar-refractivity contribution in [3.8, 4) is 0 Å². The van der Waals surface area contributed by atoms with Crippen molar-refractivity contribution >= 4 is 29.6 Å². The van der Waals surface area contributed by atoms with Gasteiger partial charge in [-0.05, 0) is 12.8 Å². The van der Waals surface area contributed by atoms with E-state index in [4.69, 9.17) is 5.73 Å². The predicted octanol–water partition coefficient (Wildman–Crippen LogP) is 0.239. The van der Waals surface area contributed by atoms with E-state index in [2.05, 4.69) is 0 Å². The first-order chi connectivity index (χ1) is 2.89. The van der Waals surface area contributed by atoms with Gasteiger partial charge in [0.2, 0.25) is 0 Å². The predicted molar refractivity (Wildman–Crippen MR) is 33.6 cm³/mol. The molecule has 0 radical (unpaired) electrons. The molecule has 1 aliphatic carbocycles. The van der Waals surface area contributed by atoms with Gasteiger partial charge in [-0.25, -0.2) is 0 Å². The van der Waals surface area contributed by atoms with Crippen molar-refractivity contribution in [2.24, 2.45) is 5.73 Å². The summed E-state index contributed by atoms with van der Waals surface area (Å²) in [6, 6.07) is 0.546. The number of hydrogen-bond acceptors (Lipinski definition) is 1. The van der Waals surface area contributed by atoms with E-state index >= 15 is 0 Å². The number of rotatable bonds is 0.